The lowest BCUT2D eigenvalue weighted by molar-refractivity contribution is -0.251. The van der Waals surface area contributed by atoms with E-state index in [4.69, 9.17) is 9.47 Å². The summed E-state index contributed by atoms with van der Waals surface area (Å²) in [6, 6.07) is 18.7. The molecule has 1 aliphatic carbocycles. The van der Waals surface area contributed by atoms with Crippen LogP contribution in [0.25, 0.3) is 0 Å². The maximum atomic E-state index is 10.3. The van der Waals surface area contributed by atoms with Crippen molar-refractivity contribution in [1.29, 1.82) is 0 Å². The van der Waals surface area contributed by atoms with E-state index in [2.05, 4.69) is 0 Å². The molecule has 26 heavy (non-hydrogen) atoms. The lowest BCUT2D eigenvalue weighted by Crippen LogP contribution is -2.64. The van der Waals surface area contributed by atoms with Crippen molar-refractivity contribution < 1.29 is 29.9 Å². The molecule has 0 unspecified atom stereocenters. The first kappa shape index (κ1) is 19.0. The Morgan fingerprint density at radius 3 is 1.23 bits per heavy atom. The van der Waals surface area contributed by atoms with E-state index in [9.17, 15) is 20.4 Å². The van der Waals surface area contributed by atoms with Crippen molar-refractivity contribution in [1.82, 2.24) is 0 Å². The summed E-state index contributed by atoms with van der Waals surface area (Å²) in [5, 5.41) is 40.7. The Bertz CT molecular complexity index is 605. The molecule has 0 heterocycles. The zero-order valence-electron chi connectivity index (χ0n) is 14.3. The Kier molecular flexibility index (Phi) is 6.37. The summed E-state index contributed by atoms with van der Waals surface area (Å²) in [5.41, 5.74) is 1.77. The largest absolute Gasteiger partial charge is 0.387 e. The molecular formula is C20H24O6. The molecule has 140 valence electrons. The fraction of sp³-hybridized carbons (Fsp3) is 0.400. The first-order chi connectivity index (χ1) is 12.6. The van der Waals surface area contributed by atoms with Crippen LogP contribution in [0.5, 0.6) is 0 Å². The molecule has 0 saturated heterocycles. The number of hydrogen-bond donors (Lipinski definition) is 4. The highest BCUT2D eigenvalue weighted by atomic mass is 16.6. The molecule has 2 aromatic carbocycles. The fourth-order valence-electron chi connectivity index (χ4n) is 3.10. The van der Waals surface area contributed by atoms with Crippen LogP contribution >= 0.6 is 0 Å². The van der Waals surface area contributed by atoms with Gasteiger partial charge in [0.05, 0.1) is 13.2 Å². The standard InChI is InChI=1S/C20H24O6/c21-15-16(22)18(24)20(26-12-14-9-5-2-6-10-14)19(17(15)23)25-11-13-7-3-1-4-8-13/h1-10,15-24H,11-12H2/t15-,16-,17-,18-,19-,20-/m1/s1. The highest BCUT2D eigenvalue weighted by molar-refractivity contribution is 5.15. The van der Waals surface area contributed by atoms with Crippen LogP contribution < -0.4 is 0 Å². The second-order valence-electron chi connectivity index (χ2n) is 6.48. The van der Waals surface area contributed by atoms with E-state index in [0.717, 1.165) is 11.1 Å². The summed E-state index contributed by atoms with van der Waals surface area (Å²) in [4.78, 5) is 0. The predicted octanol–water partition coefficient (Wildman–Crippen LogP) is 0.614. The molecule has 6 heteroatoms. The molecule has 6 nitrogen and oxygen atoms in total. The van der Waals surface area contributed by atoms with Crippen molar-refractivity contribution in [2.45, 2.75) is 49.8 Å². The third-order valence-electron chi connectivity index (χ3n) is 4.62. The lowest BCUT2D eigenvalue weighted by Gasteiger charge is -2.43. The van der Waals surface area contributed by atoms with Gasteiger partial charge in [-0.2, -0.15) is 0 Å². The quantitative estimate of drug-likeness (QED) is 0.603. The molecule has 0 amide bonds. The maximum Gasteiger partial charge on any atom is 0.115 e. The van der Waals surface area contributed by atoms with Crippen LogP contribution in [0.1, 0.15) is 11.1 Å². The van der Waals surface area contributed by atoms with E-state index in [-0.39, 0.29) is 13.2 Å². The Hall–Kier alpha value is -1.80. The third-order valence-corrected chi connectivity index (χ3v) is 4.62. The van der Waals surface area contributed by atoms with Gasteiger partial charge in [-0.25, -0.2) is 0 Å². The summed E-state index contributed by atoms with van der Waals surface area (Å²) >= 11 is 0. The van der Waals surface area contributed by atoms with Gasteiger partial charge < -0.3 is 29.9 Å². The van der Waals surface area contributed by atoms with Crippen molar-refractivity contribution in [3.63, 3.8) is 0 Å². The SMILES string of the molecule is O[C@@H]1[C@@H](O)[C@@H](O)[C@@H](OCc2ccccc2)[C@H](OCc2ccccc2)[C@@H]1O. The van der Waals surface area contributed by atoms with Crippen molar-refractivity contribution in [3.05, 3.63) is 71.8 Å². The zero-order valence-corrected chi connectivity index (χ0v) is 14.3. The van der Waals surface area contributed by atoms with Crippen LogP contribution in [0.2, 0.25) is 0 Å². The van der Waals surface area contributed by atoms with Gasteiger partial charge in [0.15, 0.2) is 0 Å². The second-order valence-corrected chi connectivity index (χ2v) is 6.48. The first-order valence-electron chi connectivity index (χ1n) is 8.61. The van der Waals surface area contributed by atoms with Crippen LogP contribution in [0, 0.1) is 0 Å². The Labute approximate surface area is 152 Å². The van der Waals surface area contributed by atoms with E-state index >= 15 is 0 Å². The predicted molar refractivity (Wildman–Crippen MR) is 94.1 cm³/mol. The number of aliphatic hydroxyl groups excluding tert-OH is 4. The Morgan fingerprint density at radius 2 is 0.885 bits per heavy atom. The highest BCUT2D eigenvalue weighted by Crippen LogP contribution is 2.27. The molecule has 0 radical (unpaired) electrons. The van der Waals surface area contributed by atoms with Gasteiger partial charge in [-0.05, 0) is 11.1 Å². The maximum absolute atomic E-state index is 10.3. The second kappa shape index (κ2) is 8.73. The molecule has 3 rings (SSSR count). The van der Waals surface area contributed by atoms with Gasteiger partial charge in [-0.15, -0.1) is 0 Å². The highest BCUT2D eigenvalue weighted by Gasteiger charge is 2.50. The monoisotopic (exact) mass is 360 g/mol. The van der Waals surface area contributed by atoms with E-state index in [1.54, 1.807) is 0 Å². The summed E-state index contributed by atoms with van der Waals surface area (Å²) in [6.07, 6.45) is -7.74. The summed E-state index contributed by atoms with van der Waals surface area (Å²) < 4.78 is 11.5. The van der Waals surface area contributed by atoms with Crippen LogP contribution in [-0.2, 0) is 22.7 Å². The van der Waals surface area contributed by atoms with E-state index in [0.29, 0.717) is 0 Å². The fourth-order valence-corrected chi connectivity index (χ4v) is 3.10. The molecule has 1 saturated carbocycles. The van der Waals surface area contributed by atoms with Gasteiger partial charge in [-0.1, -0.05) is 60.7 Å². The number of ether oxygens (including phenoxy) is 2. The topological polar surface area (TPSA) is 99.4 Å². The Balaban J connectivity index is 1.72. The van der Waals surface area contributed by atoms with Crippen molar-refractivity contribution in [3.8, 4) is 0 Å². The number of hydrogen-bond acceptors (Lipinski definition) is 6. The normalized spacial score (nSPS) is 31.7. The summed E-state index contributed by atoms with van der Waals surface area (Å²) in [6.45, 7) is 0.368. The molecular weight excluding hydrogens is 336 g/mol. The van der Waals surface area contributed by atoms with Gasteiger partial charge in [0.2, 0.25) is 0 Å². The van der Waals surface area contributed by atoms with Gasteiger partial charge in [0.1, 0.15) is 36.6 Å². The molecule has 1 fully saturated rings. The minimum absolute atomic E-state index is 0.184. The third kappa shape index (κ3) is 4.29. The van der Waals surface area contributed by atoms with Gasteiger partial charge in [-0.3, -0.25) is 0 Å². The molecule has 0 spiro atoms. The summed E-state index contributed by atoms with van der Waals surface area (Å²) in [5.74, 6) is 0. The van der Waals surface area contributed by atoms with Crippen LogP contribution in [-0.4, -0.2) is 57.0 Å². The molecule has 2 aromatic rings. The lowest BCUT2D eigenvalue weighted by atomic mass is 9.84. The first-order valence-corrected chi connectivity index (χ1v) is 8.61. The molecule has 4 N–H and O–H groups in total. The van der Waals surface area contributed by atoms with Gasteiger partial charge in [0, 0.05) is 0 Å². The van der Waals surface area contributed by atoms with E-state index < -0.39 is 36.6 Å². The number of aliphatic hydroxyl groups is 4. The van der Waals surface area contributed by atoms with Crippen molar-refractivity contribution >= 4 is 0 Å². The van der Waals surface area contributed by atoms with Crippen LogP contribution in [0.15, 0.2) is 60.7 Å². The zero-order chi connectivity index (χ0) is 18.5. The van der Waals surface area contributed by atoms with Crippen molar-refractivity contribution in [2.24, 2.45) is 0 Å². The van der Waals surface area contributed by atoms with Crippen LogP contribution in [0.4, 0.5) is 0 Å². The minimum atomic E-state index is -1.51. The minimum Gasteiger partial charge on any atom is -0.387 e. The van der Waals surface area contributed by atoms with Crippen molar-refractivity contribution in [2.75, 3.05) is 0 Å². The van der Waals surface area contributed by atoms with Crippen LogP contribution in [0.3, 0.4) is 0 Å². The van der Waals surface area contributed by atoms with E-state index in [1.807, 2.05) is 60.7 Å². The molecule has 0 bridgehead atoms. The van der Waals surface area contributed by atoms with E-state index in [1.165, 1.54) is 0 Å². The number of benzene rings is 2. The molecule has 0 aliphatic heterocycles. The molecule has 0 aromatic heterocycles. The smallest absolute Gasteiger partial charge is 0.115 e. The molecule has 6 atom stereocenters. The summed E-state index contributed by atoms with van der Waals surface area (Å²) in [7, 11) is 0. The Morgan fingerprint density at radius 1 is 0.538 bits per heavy atom. The van der Waals surface area contributed by atoms with Gasteiger partial charge >= 0.3 is 0 Å². The number of rotatable bonds is 6. The molecule has 1 aliphatic rings. The average molecular weight is 360 g/mol. The van der Waals surface area contributed by atoms with Gasteiger partial charge in [0.25, 0.3) is 0 Å². The average Bonchev–Trinajstić information content (AvgIpc) is 2.69.